The van der Waals surface area contributed by atoms with E-state index in [1.807, 2.05) is 18.2 Å². The molecule has 6 nitrogen and oxygen atoms in total. The topological polar surface area (TPSA) is 78.2 Å². The molecule has 0 atom stereocenters. The van der Waals surface area contributed by atoms with Crippen molar-refractivity contribution in [1.29, 1.82) is 5.26 Å². The zero-order valence-electron chi connectivity index (χ0n) is 12.8. The normalized spacial score (nSPS) is 13.8. The molecule has 0 unspecified atom stereocenters. The minimum absolute atomic E-state index is 0.145. The number of rotatable bonds is 4. The number of ether oxygens (including phenoxy) is 1. The van der Waals surface area contributed by atoms with Crippen molar-refractivity contribution >= 4 is 17.6 Å². The second-order valence-corrected chi connectivity index (χ2v) is 5.83. The number of carbonyl (C=O) groups is 1. The van der Waals surface area contributed by atoms with Crippen LogP contribution in [0.1, 0.15) is 11.1 Å². The monoisotopic (exact) mass is 342 g/mol. The summed E-state index contributed by atoms with van der Waals surface area (Å²) >= 11 is 5.83. The van der Waals surface area contributed by atoms with Gasteiger partial charge in [0.25, 0.3) is 0 Å². The van der Waals surface area contributed by atoms with Gasteiger partial charge in [0.2, 0.25) is 5.88 Å². The summed E-state index contributed by atoms with van der Waals surface area (Å²) in [6, 6.07) is 12.5. The Labute approximate surface area is 144 Å². The first kappa shape index (κ1) is 16.1. The lowest BCUT2D eigenvalue weighted by atomic mass is 10.2. The van der Waals surface area contributed by atoms with E-state index in [0.717, 1.165) is 5.56 Å². The predicted octanol–water partition coefficient (Wildman–Crippen LogP) is 2.58. The minimum Gasteiger partial charge on any atom is -0.470 e. The van der Waals surface area contributed by atoms with E-state index in [1.165, 1.54) is 0 Å². The number of carbonyl (C=O) groups excluding carboxylic acids is 1. The highest BCUT2D eigenvalue weighted by molar-refractivity contribution is 6.30. The Kier molecular flexibility index (Phi) is 4.82. The highest BCUT2D eigenvalue weighted by Crippen LogP contribution is 2.19. The van der Waals surface area contributed by atoms with Gasteiger partial charge in [-0.05, 0) is 29.8 Å². The van der Waals surface area contributed by atoms with Crippen LogP contribution in [-0.4, -0.2) is 35.1 Å². The summed E-state index contributed by atoms with van der Waals surface area (Å²) in [6.07, 6.45) is 1.43. The van der Waals surface area contributed by atoms with E-state index in [2.05, 4.69) is 10.3 Å². The Balaban J connectivity index is 1.45. The van der Waals surface area contributed by atoms with Gasteiger partial charge in [-0.3, -0.25) is 0 Å². The quantitative estimate of drug-likeness (QED) is 0.926. The number of nitriles is 1. The molecule has 7 heteroatoms. The van der Waals surface area contributed by atoms with Crippen molar-refractivity contribution in [3.8, 4) is 11.9 Å². The van der Waals surface area contributed by atoms with Crippen LogP contribution < -0.4 is 10.1 Å². The minimum atomic E-state index is -0.147. The Hall–Kier alpha value is -2.78. The highest BCUT2D eigenvalue weighted by atomic mass is 35.5. The number of aromatic nitrogens is 1. The van der Waals surface area contributed by atoms with Crippen molar-refractivity contribution in [2.45, 2.75) is 12.6 Å². The molecule has 2 amide bonds. The van der Waals surface area contributed by atoms with E-state index in [1.54, 1.807) is 35.4 Å². The van der Waals surface area contributed by atoms with Crippen LogP contribution in [0.2, 0.25) is 5.02 Å². The molecule has 1 aromatic heterocycles. The van der Waals surface area contributed by atoms with Crippen molar-refractivity contribution in [1.82, 2.24) is 15.2 Å². The van der Waals surface area contributed by atoms with E-state index in [-0.39, 0.29) is 12.1 Å². The summed E-state index contributed by atoms with van der Waals surface area (Å²) in [5.74, 6) is 0.311. The van der Waals surface area contributed by atoms with Gasteiger partial charge in [0.1, 0.15) is 17.7 Å². The van der Waals surface area contributed by atoms with Crippen LogP contribution in [0.4, 0.5) is 4.79 Å². The average Bonchev–Trinajstić information content (AvgIpc) is 2.57. The SMILES string of the molecule is N#Cc1cccnc1OC1CN(C(=O)NCc2ccc(Cl)cc2)C1. The lowest BCUT2D eigenvalue weighted by molar-refractivity contribution is 0.0411. The van der Waals surface area contributed by atoms with E-state index >= 15 is 0 Å². The average molecular weight is 343 g/mol. The first-order valence-corrected chi connectivity index (χ1v) is 7.82. The summed E-state index contributed by atoms with van der Waals surface area (Å²) in [6.45, 7) is 1.37. The van der Waals surface area contributed by atoms with Gasteiger partial charge in [-0.2, -0.15) is 5.26 Å². The molecule has 1 aliphatic heterocycles. The molecule has 0 saturated carbocycles. The largest absolute Gasteiger partial charge is 0.470 e. The lowest BCUT2D eigenvalue weighted by Crippen LogP contribution is -2.58. The zero-order valence-corrected chi connectivity index (χ0v) is 13.5. The van der Waals surface area contributed by atoms with Crippen LogP contribution in [0.25, 0.3) is 0 Å². The van der Waals surface area contributed by atoms with Gasteiger partial charge in [-0.1, -0.05) is 23.7 Å². The Morgan fingerprint density at radius 2 is 2.12 bits per heavy atom. The maximum Gasteiger partial charge on any atom is 0.317 e. The Morgan fingerprint density at radius 1 is 1.38 bits per heavy atom. The number of pyridine rings is 1. The molecule has 2 aromatic rings. The first-order chi connectivity index (χ1) is 11.7. The number of benzene rings is 1. The molecule has 3 rings (SSSR count). The van der Waals surface area contributed by atoms with Gasteiger partial charge >= 0.3 is 6.03 Å². The molecule has 0 radical (unpaired) electrons. The number of likely N-dealkylation sites (tertiary alicyclic amines) is 1. The highest BCUT2D eigenvalue weighted by Gasteiger charge is 2.32. The molecule has 0 bridgehead atoms. The van der Waals surface area contributed by atoms with Crippen LogP contribution in [0.3, 0.4) is 0 Å². The van der Waals surface area contributed by atoms with Gasteiger partial charge < -0.3 is 15.0 Å². The molecule has 1 aromatic carbocycles. The fourth-order valence-corrected chi connectivity index (χ4v) is 2.42. The molecule has 1 N–H and O–H groups in total. The summed E-state index contributed by atoms with van der Waals surface area (Å²) in [5, 5.41) is 12.5. The van der Waals surface area contributed by atoms with E-state index < -0.39 is 0 Å². The molecule has 122 valence electrons. The van der Waals surface area contributed by atoms with Crippen LogP contribution >= 0.6 is 11.6 Å². The van der Waals surface area contributed by atoms with Crippen molar-refractivity contribution in [3.05, 3.63) is 58.7 Å². The third kappa shape index (κ3) is 3.76. The fraction of sp³-hybridized carbons (Fsp3) is 0.235. The van der Waals surface area contributed by atoms with Crippen LogP contribution in [0.15, 0.2) is 42.6 Å². The maximum absolute atomic E-state index is 12.1. The second-order valence-electron chi connectivity index (χ2n) is 5.40. The molecular formula is C17H15ClN4O2. The molecule has 0 spiro atoms. The van der Waals surface area contributed by atoms with Crippen LogP contribution in [-0.2, 0) is 6.54 Å². The van der Waals surface area contributed by atoms with Gasteiger partial charge in [0, 0.05) is 17.8 Å². The van der Waals surface area contributed by atoms with Gasteiger partial charge in [0.05, 0.1) is 13.1 Å². The smallest absolute Gasteiger partial charge is 0.317 e. The molecule has 24 heavy (non-hydrogen) atoms. The van der Waals surface area contributed by atoms with Crippen molar-refractivity contribution in [2.75, 3.05) is 13.1 Å². The summed E-state index contributed by atoms with van der Waals surface area (Å²) in [7, 11) is 0. The maximum atomic E-state index is 12.1. The van der Waals surface area contributed by atoms with Gasteiger partial charge in [0.15, 0.2) is 0 Å². The number of nitrogens with zero attached hydrogens (tertiary/aromatic N) is 3. The fourth-order valence-electron chi connectivity index (χ4n) is 2.30. The van der Waals surface area contributed by atoms with Crippen molar-refractivity contribution in [3.63, 3.8) is 0 Å². The van der Waals surface area contributed by atoms with Crippen molar-refractivity contribution in [2.24, 2.45) is 0 Å². The molecule has 1 aliphatic rings. The molecular weight excluding hydrogens is 328 g/mol. The number of nitrogens with one attached hydrogen (secondary N) is 1. The zero-order chi connectivity index (χ0) is 16.9. The van der Waals surface area contributed by atoms with Gasteiger partial charge in [-0.15, -0.1) is 0 Å². The number of amides is 2. The van der Waals surface area contributed by atoms with Crippen LogP contribution in [0.5, 0.6) is 5.88 Å². The number of hydrogen-bond donors (Lipinski definition) is 1. The number of halogens is 1. The first-order valence-electron chi connectivity index (χ1n) is 7.44. The van der Waals surface area contributed by atoms with E-state index in [0.29, 0.717) is 36.1 Å². The molecule has 0 aliphatic carbocycles. The third-order valence-electron chi connectivity index (χ3n) is 3.66. The third-order valence-corrected chi connectivity index (χ3v) is 3.91. The van der Waals surface area contributed by atoms with Crippen LogP contribution in [0, 0.1) is 11.3 Å². The Bertz CT molecular complexity index is 767. The van der Waals surface area contributed by atoms with E-state index in [9.17, 15) is 4.79 Å². The number of hydrogen-bond acceptors (Lipinski definition) is 4. The summed E-state index contributed by atoms with van der Waals surface area (Å²) < 4.78 is 5.66. The molecule has 1 saturated heterocycles. The molecule has 2 heterocycles. The molecule has 1 fully saturated rings. The number of urea groups is 1. The van der Waals surface area contributed by atoms with Crippen molar-refractivity contribution < 1.29 is 9.53 Å². The summed E-state index contributed by atoms with van der Waals surface area (Å²) in [5.41, 5.74) is 1.37. The second kappa shape index (κ2) is 7.20. The summed E-state index contributed by atoms with van der Waals surface area (Å²) in [4.78, 5) is 17.8. The predicted molar refractivity (Wildman–Crippen MR) is 88.6 cm³/mol. The lowest BCUT2D eigenvalue weighted by Gasteiger charge is -2.38. The Morgan fingerprint density at radius 3 is 2.83 bits per heavy atom. The van der Waals surface area contributed by atoms with E-state index in [4.69, 9.17) is 21.6 Å². The standard InChI is InChI=1S/C17H15ClN4O2/c18-14-5-3-12(4-6-14)9-21-17(23)22-10-15(11-22)24-16-13(8-19)2-1-7-20-16/h1-7,15H,9-11H2,(H,21,23). The van der Waals surface area contributed by atoms with Gasteiger partial charge in [-0.25, -0.2) is 9.78 Å².